The van der Waals surface area contributed by atoms with Crippen molar-refractivity contribution >= 4 is 11.9 Å². The predicted octanol–water partition coefficient (Wildman–Crippen LogP) is -0.0660. The van der Waals surface area contributed by atoms with Gasteiger partial charge in [-0.15, -0.1) is 0 Å². The molecule has 3 N–H and O–H groups in total. The van der Waals surface area contributed by atoms with Crippen LogP contribution in [0.3, 0.4) is 0 Å². The van der Waals surface area contributed by atoms with Gasteiger partial charge in [0, 0.05) is 0 Å². The van der Waals surface area contributed by atoms with Crippen LogP contribution in [0, 0.1) is 0 Å². The highest BCUT2D eigenvalue weighted by Gasteiger charge is 2.29. The molecule has 2 unspecified atom stereocenters. The minimum Gasteiger partial charge on any atom is -0.461 e. The summed E-state index contributed by atoms with van der Waals surface area (Å²) < 4.78 is 5.04. The monoisotopic (exact) mass is 214 g/mol. The van der Waals surface area contributed by atoms with Gasteiger partial charge in [0.05, 0.1) is 6.04 Å². The second-order valence-electron chi connectivity index (χ2n) is 3.88. The molecule has 0 heterocycles. The van der Waals surface area contributed by atoms with Gasteiger partial charge in [-0.25, -0.2) is 4.79 Å². The average Bonchev–Trinajstić information content (AvgIpc) is 3.00. The van der Waals surface area contributed by atoms with Gasteiger partial charge in [-0.05, 0) is 26.2 Å². The zero-order valence-corrected chi connectivity index (χ0v) is 9.16. The van der Waals surface area contributed by atoms with Crippen molar-refractivity contribution < 1.29 is 14.3 Å². The lowest BCUT2D eigenvalue weighted by molar-refractivity contribution is -0.148. The molecule has 2 atom stereocenters. The molecule has 0 bridgehead atoms. The Morgan fingerprint density at radius 1 is 1.53 bits per heavy atom. The first-order chi connectivity index (χ1) is 7.04. The summed E-state index contributed by atoms with van der Waals surface area (Å²) in [4.78, 5) is 22.7. The predicted molar refractivity (Wildman–Crippen MR) is 55.0 cm³/mol. The van der Waals surface area contributed by atoms with Crippen molar-refractivity contribution in [2.24, 2.45) is 5.73 Å². The molecule has 0 aromatic heterocycles. The molecule has 5 nitrogen and oxygen atoms in total. The van der Waals surface area contributed by atoms with Crippen molar-refractivity contribution in [2.75, 3.05) is 0 Å². The smallest absolute Gasteiger partial charge is 0.328 e. The molecule has 0 aromatic carbocycles. The van der Waals surface area contributed by atoms with Gasteiger partial charge in [0.15, 0.2) is 0 Å². The molecule has 1 aliphatic carbocycles. The minimum absolute atomic E-state index is 0.0664. The highest BCUT2D eigenvalue weighted by Crippen LogP contribution is 2.23. The second kappa shape index (κ2) is 5.11. The molecule has 1 saturated carbocycles. The van der Waals surface area contributed by atoms with Crippen LogP contribution in [0.1, 0.15) is 33.1 Å². The number of rotatable bonds is 5. The van der Waals surface area contributed by atoms with Gasteiger partial charge in [-0.1, -0.05) is 6.92 Å². The number of carbonyl (C=O) groups excluding carboxylic acids is 2. The number of nitrogens with two attached hydrogens (primary N) is 1. The van der Waals surface area contributed by atoms with Crippen LogP contribution in [0.5, 0.6) is 0 Å². The van der Waals surface area contributed by atoms with Gasteiger partial charge < -0.3 is 15.8 Å². The number of ether oxygens (including phenoxy) is 1. The third kappa shape index (κ3) is 3.87. The highest BCUT2D eigenvalue weighted by molar-refractivity contribution is 5.87. The molecule has 0 radical (unpaired) electrons. The number of esters is 1. The zero-order chi connectivity index (χ0) is 11.4. The van der Waals surface area contributed by atoms with E-state index in [4.69, 9.17) is 10.5 Å². The number of amides is 1. The van der Waals surface area contributed by atoms with Crippen LogP contribution in [-0.4, -0.2) is 30.1 Å². The standard InChI is InChI=1S/C10H18N2O3/c1-3-8(11)9(13)12-6(2)10(14)15-7-4-5-7/h6-8H,3-5,11H2,1-2H3,(H,12,13). The van der Waals surface area contributed by atoms with Gasteiger partial charge in [0.2, 0.25) is 5.91 Å². The first kappa shape index (κ1) is 12.0. The lowest BCUT2D eigenvalue weighted by Gasteiger charge is -2.15. The molecule has 15 heavy (non-hydrogen) atoms. The zero-order valence-electron chi connectivity index (χ0n) is 9.16. The maximum Gasteiger partial charge on any atom is 0.328 e. The Bertz CT molecular complexity index is 251. The summed E-state index contributed by atoms with van der Waals surface area (Å²) in [5.74, 6) is -0.688. The van der Waals surface area contributed by atoms with Gasteiger partial charge >= 0.3 is 5.97 Å². The minimum atomic E-state index is -0.615. The van der Waals surface area contributed by atoms with Gasteiger partial charge in [-0.3, -0.25) is 4.79 Å². The van der Waals surface area contributed by atoms with Crippen LogP contribution < -0.4 is 11.1 Å². The number of hydrogen-bond donors (Lipinski definition) is 2. The Hall–Kier alpha value is -1.10. The number of nitrogens with one attached hydrogen (secondary N) is 1. The van der Waals surface area contributed by atoms with E-state index in [0.717, 1.165) is 12.8 Å². The molecule has 86 valence electrons. The molecule has 0 aliphatic heterocycles. The molecule has 5 heteroatoms. The van der Waals surface area contributed by atoms with E-state index < -0.39 is 12.1 Å². The van der Waals surface area contributed by atoms with E-state index in [1.807, 2.05) is 6.92 Å². The molecule has 1 rings (SSSR count). The molecule has 0 spiro atoms. The Balaban J connectivity index is 2.29. The Labute approximate surface area is 89.3 Å². The Kier molecular flexibility index (Phi) is 4.08. The molecule has 0 aromatic rings. The summed E-state index contributed by atoms with van der Waals surface area (Å²) in [6.45, 7) is 3.42. The van der Waals surface area contributed by atoms with Gasteiger partial charge in [0.1, 0.15) is 12.1 Å². The van der Waals surface area contributed by atoms with Crippen LogP contribution in [0.25, 0.3) is 0 Å². The van der Waals surface area contributed by atoms with Crippen molar-refractivity contribution in [3.05, 3.63) is 0 Å². The van der Waals surface area contributed by atoms with Crippen LogP contribution in [0.2, 0.25) is 0 Å². The van der Waals surface area contributed by atoms with Crippen molar-refractivity contribution in [3.63, 3.8) is 0 Å². The fraction of sp³-hybridized carbons (Fsp3) is 0.800. The molecular weight excluding hydrogens is 196 g/mol. The van der Waals surface area contributed by atoms with Crippen molar-refractivity contribution in [3.8, 4) is 0 Å². The Morgan fingerprint density at radius 2 is 2.13 bits per heavy atom. The molecular formula is C10H18N2O3. The van der Waals surface area contributed by atoms with Gasteiger partial charge in [-0.2, -0.15) is 0 Å². The van der Waals surface area contributed by atoms with Crippen LogP contribution in [0.4, 0.5) is 0 Å². The lowest BCUT2D eigenvalue weighted by Crippen LogP contribution is -2.47. The summed E-state index contributed by atoms with van der Waals surface area (Å²) in [5, 5.41) is 2.52. The average molecular weight is 214 g/mol. The van der Waals surface area contributed by atoms with Crippen molar-refractivity contribution in [1.82, 2.24) is 5.32 Å². The third-order valence-electron chi connectivity index (χ3n) is 2.30. The highest BCUT2D eigenvalue weighted by atomic mass is 16.5. The summed E-state index contributed by atoms with van der Waals surface area (Å²) in [7, 11) is 0. The SMILES string of the molecule is CCC(N)C(=O)NC(C)C(=O)OC1CC1. The van der Waals surface area contributed by atoms with E-state index in [-0.39, 0.29) is 18.0 Å². The summed E-state index contributed by atoms with van der Waals surface area (Å²) in [6, 6.07) is -1.17. The number of hydrogen-bond acceptors (Lipinski definition) is 4. The van der Waals surface area contributed by atoms with E-state index >= 15 is 0 Å². The summed E-state index contributed by atoms with van der Waals surface area (Å²) >= 11 is 0. The molecule has 1 aliphatic rings. The van der Waals surface area contributed by atoms with Crippen LogP contribution in [0.15, 0.2) is 0 Å². The lowest BCUT2D eigenvalue weighted by atomic mass is 10.2. The van der Waals surface area contributed by atoms with Crippen molar-refractivity contribution in [1.29, 1.82) is 0 Å². The summed E-state index contributed by atoms with van der Waals surface area (Å²) in [5.41, 5.74) is 5.51. The normalized spacial score (nSPS) is 19.1. The van der Waals surface area contributed by atoms with Crippen LogP contribution >= 0.6 is 0 Å². The van der Waals surface area contributed by atoms with E-state index in [1.54, 1.807) is 6.92 Å². The molecule has 1 fully saturated rings. The molecule has 1 amide bonds. The quantitative estimate of drug-likeness (QED) is 0.628. The maximum absolute atomic E-state index is 11.4. The topological polar surface area (TPSA) is 81.4 Å². The first-order valence-corrected chi connectivity index (χ1v) is 5.31. The third-order valence-corrected chi connectivity index (χ3v) is 2.30. The van der Waals surface area contributed by atoms with E-state index in [9.17, 15) is 9.59 Å². The van der Waals surface area contributed by atoms with E-state index in [1.165, 1.54) is 0 Å². The van der Waals surface area contributed by atoms with Gasteiger partial charge in [0.25, 0.3) is 0 Å². The van der Waals surface area contributed by atoms with E-state index in [2.05, 4.69) is 5.32 Å². The fourth-order valence-corrected chi connectivity index (χ4v) is 1.02. The first-order valence-electron chi connectivity index (χ1n) is 5.31. The maximum atomic E-state index is 11.4. The van der Waals surface area contributed by atoms with Crippen molar-refractivity contribution in [2.45, 2.75) is 51.3 Å². The van der Waals surface area contributed by atoms with Crippen LogP contribution in [-0.2, 0) is 14.3 Å². The summed E-state index contributed by atoms with van der Waals surface area (Å²) in [6.07, 6.45) is 2.48. The fourth-order valence-electron chi connectivity index (χ4n) is 1.02. The number of carbonyl (C=O) groups is 2. The largest absolute Gasteiger partial charge is 0.461 e. The van der Waals surface area contributed by atoms with E-state index in [0.29, 0.717) is 6.42 Å². The second-order valence-corrected chi connectivity index (χ2v) is 3.88. The molecule has 0 saturated heterocycles. The Morgan fingerprint density at radius 3 is 2.60 bits per heavy atom.